The van der Waals surface area contributed by atoms with Crippen LogP contribution in [0.2, 0.25) is 0 Å². The van der Waals surface area contributed by atoms with E-state index in [1.807, 2.05) is 0 Å². The number of aromatic nitrogens is 3. The summed E-state index contributed by atoms with van der Waals surface area (Å²) in [6, 6.07) is 4.89. The standard InChI is InChI=1S/C14H20N4O2/c1-3-7-17(4-2)8-9-18-13-10-11(14(19)20)5-6-12(13)15-16-18/h5-6,10H,3-4,7-9H2,1-2H3,(H,19,20). The minimum absolute atomic E-state index is 0.266. The summed E-state index contributed by atoms with van der Waals surface area (Å²) in [5.74, 6) is -0.930. The van der Waals surface area contributed by atoms with Crippen LogP contribution in [-0.4, -0.2) is 50.6 Å². The van der Waals surface area contributed by atoms with Crippen LogP contribution < -0.4 is 0 Å². The van der Waals surface area contributed by atoms with Crippen molar-refractivity contribution in [2.75, 3.05) is 19.6 Å². The third-order valence-corrected chi connectivity index (χ3v) is 3.38. The highest BCUT2D eigenvalue weighted by atomic mass is 16.4. The highest BCUT2D eigenvalue weighted by Crippen LogP contribution is 2.13. The lowest BCUT2D eigenvalue weighted by Crippen LogP contribution is -2.28. The van der Waals surface area contributed by atoms with Crippen LogP contribution in [0.5, 0.6) is 0 Å². The summed E-state index contributed by atoms with van der Waals surface area (Å²) in [6.07, 6.45) is 1.12. The van der Waals surface area contributed by atoms with Gasteiger partial charge < -0.3 is 10.0 Å². The molecule has 0 spiro atoms. The Balaban J connectivity index is 2.17. The van der Waals surface area contributed by atoms with Crippen molar-refractivity contribution in [1.29, 1.82) is 0 Å². The zero-order valence-electron chi connectivity index (χ0n) is 11.9. The van der Waals surface area contributed by atoms with Crippen molar-refractivity contribution >= 4 is 17.0 Å². The Morgan fingerprint density at radius 2 is 2.15 bits per heavy atom. The van der Waals surface area contributed by atoms with Crippen LogP contribution in [0.3, 0.4) is 0 Å². The van der Waals surface area contributed by atoms with Crippen LogP contribution in [0, 0.1) is 0 Å². The number of benzene rings is 1. The fourth-order valence-corrected chi connectivity index (χ4v) is 2.24. The summed E-state index contributed by atoms with van der Waals surface area (Å²) in [5.41, 5.74) is 1.77. The first-order valence-corrected chi connectivity index (χ1v) is 6.94. The van der Waals surface area contributed by atoms with Gasteiger partial charge in [0.2, 0.25) is 0 Å². The molecule has 2 rings (SSSR count). The number of nitrogens with zero attached hydrogens (tertiary/aromatic N) is 4. The first-order chi connectivity index (χ1) is 9.65. The van der Waals surface area contributed by atoms with E-state index in [2.05, 4.69) is 29.1 Å². The van der Waals surface area contributed by atoms with Gasteiger partial charge in [-0.3, -0.25) is 0 Å². The van der Waals surface area contributed by atoms with Crippen molar-refractivity contribution in [3.63, 3.8) is 0 Å². The molecule has 1 heterocycles. The molecule has 0 aliphatic carbocycles. The SMILES string of the molecule is CCCN(CC)CCn1nnc2ccc(C(=O)O)cc21. The lowest BCUT2D eigenvalue weighted by atomic mass is 10.2. The Bertz CT molecular complexity index is 594. The third-order valence-electron chi connectivity index (χ3n) is 3.38. The van der Waals surface area contributed by atoms with Gasteiger partial charge in [-0.2, -0.15) is 0 Å². The van der Waals surface area contributed by atoms with Gasteiger partial charge >= 0.3 is 5.97 Å². The van der Waals surface area contributed by atoms with Crippen LogP contribution >= 0.6 is 0 Å². The highest BCUT2D eigenvalue weighted by molar-refractivity contribution is 5.92. The molecular formula is C14H20N4O2. The van der Waals surface area contributed by atoms with Crippen LogP contribution in [0.25, 0.3) is 11.0 Å². The molecule has 1 aromatic heterocycles. The number of carboxylic acids is 1. The Hall–Kier alpha value is -1.95. The van der Waals surface area contributed by atoms with Gasteiger partial charge in [0.25, 0.3) is 0 Å². The molecule has 0 amide bonds. The Kier molecular flexibility index (Phi) is 4.68. The maximum Gasteiger partial charge on any atom is 0.335 e. The zero-order valence-corrected chi connectivity index (χ0v) is 11.9. The van der Waals surface area contributed by atoms with Crippen LogP contribution in [-0.2, 0) is 6.54 Å². The summed E-state index contributed by atoms with van der Waals surface area (Å²) in [5, 5.41) is 17.2. The summed E-state index contributed by atoms with van der Waals surface area (Å²) in [4.78, 5) is 13.4. The summed E-state index contributed by atoms with van der Waals surface area (Å²) in [6.45, 7) is 7.96. The topological polar surface area (TPSA) is 71.2 Å². The second kappa shape index (κ2) is 6.47. The van der Waals surface area contributed by atoms with E-state index in [4.69, 9.17) is 5.11 Å². The van der Waals surface area contributed by atoms with E-state index in [0.29, 0.717) is 6.54 Å². The first-order valence-electron chi connectivity index (χ1n) is 6.94. The fraction of sp³-hybridized carbons (Fsp3) is 0.500. The fourth-order valence-electron chi connectivity index (χ4n) is 2.24. The molecule has 0 atom stereocenters. The first kappa shape index (κ1) is 14.5. The second-order valence-electron chi connectivity index (χ2n) is 4.76. The van der Waals surface area contributed by atoms with Crippen LogP contribution in [0.15, 0.2) is 18.2 Å². The number of rotatable bonds is 7. The van der Waals surface area contributed by atoms with Gasteiger partial charge in [-0.1, -0.05) is 19.1 Å². The van der Waals surface area contributed by atoms with Gasteiger partial charge in [-0.25, -0.2) is 9.48 Å². The molecule has 0 fully saturated rings. The molecule has 20 heavy (non-hydrogen) atoms. The van der Waals surface area contributed by atoms with Crippen molar-refractivity contribution in [1.82, 2.24) is 19.9 Å². The number of aromatic carboxylic acids is 1. The van der Waals surface area contributed by atoms with E-state index >= 15 is 0 Å². The maximum atomic E-state index is 11.0. The Labute approximate surface area is 118 Å². The minimum Gasteiger partial charge on any atom is -0.478 e. The molecule has 1 N–H and O–H groups in total. The molecule has 0 radical (unpaired) electrons. The summed E-state index contributed by atoms with van der Waals surface area (Å²) in [7, 11) is 0. The molecule has 1 aromatic carbocycles. The van der Waals surface area contributed by atoms with Gasteiger partial charge in [-0.15, -0.1) is 5.10 Å². The molecule has 6 nitrogen and oxygen atoms in total. The van der Waals surface area contributed by atoms with E-state index in [9.17, 15) is 4.79 Å². The minimum atomic E-state index is -0.930. The van der Waals surface area contributed by atoms with Crippen molar-refractivity contribution in [2.24, 2.45) is 0 Å². The van der Waals surface area contributed by atoms with Gasteiger partial charge in [0.1, 0.15) is 5.52 Å². The second-order valence-corrected chi connectivity index (χ2v) is 4.76. The largest absolute Gasteiger partial charge is 0.478 e. The number of fused-ring (bicyclic) bond motifs is 1. The molecule has 108 valence electrons. The number of carbonyl (C=O) groups is 1. The Morgan fingerprint density at radius 1 is 1.35 bits per heavy atom. The lowest BCUT2D eigenvalue weighted by Gasteiger charge is -2.19. The lowest BCUT2D eigenvalue weighted by molar-refractivity contribution is 0.0697. The van der Waals surface area contributed by atoms with Crippen LogP contribution in [0.4, 0.5) is 0 Å². The Morgan fingerprint density at radius 3 is 2.80 bits per heavy atom. The van der Waals surface area contributed by atoms with Crippen molar-refractivity contribution < 1.29 is 9.90 Å². The number of carboxylic acid groups (broad SMARTS) is 1. The number of hydrogen-bond donors (Lipinski definition) is 1. The third kappa shape index (κ3) is 3.14. The van der Waals surface area contributed by atoms with E-state index in [-0.39, 0.29) is 5.56 Å². The maximum absolute atomic E-state index is 11.0. The molecule has 0 aliphatic rings. The van der Waals surface area contributed by atoms with Crippen LogP contribution in [0.1, 0.15) is 30.6 Å². The molecule has 0 unspecified atom stereocenters. The molecule has 0 aliphatic heterocycles. The molecule has 0 bridgehead atoms. The average molecular weight is 276 g/mol. The summed E-state index contributed by atoms with van der Waals surface area (Å²) < 4.78 is 1.78. The smallest absolute Gasteiger partial charge is 0.335 e. The van der Waals surface area contributed by atoms with E-state index in [0.717, 1.165) is 37.1 Å². The van der Waals surface area contributed by atoms with Crippen molar-refractivity contribution in [3.05, 3.63) is 23.8 Å². The van der Waals surface area contributed by atoms with E-state index in [1.165, 1.54) is 0 Å². The normalized spacial score (nSPS) is 11.3. The predicted octanol–water partition coefficient (Wildman–Crippen LogP) is 1.86. The van der Waals surface area contributed by atoms with Crippen molar-refractivity contribution in [3.8, 4) is 0 Å². The highest BCUT2D eigenvalue weighted by Gasteiger charge is 2.10. The zero-order chi connectivity index (χ0) is 14.5. The van der Waals surface area contributed by atoms with Gasteiger partial charge in [0.05, 0.1) is 17.6 Å². The van der Waals surface area contributed by atoms with Gasteiger partial charge in [-0.05, 0) is 37.7 Å². The van der Waals surface area contributed by atoms with Crippen molar-refractivity contribution in [2.45, 2.75) is 26.8 Å². The van der Waals surface area contributed by atoms with E-state index in [1.54, 1.807) is 22.9 Å². The average Bonchev–Trinajstić information content (AvgIpc) is 2.85. The molecular weight excluding hydrogens is 256 g/mol. The monoisotopic (exact) mass is 276 g/mol. The molecule has 0 saturated carbocycles. The molecule has 0 saturated heterocycles. The van der Waals surface area contributed by atoms with Gasteiger partial charge in [0.15, 0.2) is 0 Å². The molecule has 6 heteroatoms. The molecule has 2 aromatic rings. The van der Waals surface area contributed by atoms with E-state index < -0.39 is 5.97 Å². The summed E-state index contributed by atoms with van der Waals surface area (Å²) >= 11 is 0. The number of hydrogen-bond acceptors (Lipinski definition) is 4. The number of likely N-dealkylation sites (N-methyl/N-ethyl adjacent to an activating group) is 1. The quantitative estimate of drug-likeness (QED) is 0.835. The predicted molar refractivity (Wildman–Crippen MR) is 76.9 cm³/mol. The van der Waals surface area contributed by atoms with Gasteiger partial charge in [0, 0.05) is 6.54 Å².